The van der Waals surface area contributed by atoms with Crippen LogP contribution in [-0.2, 0) is 0 Å². The van der Waals surface area contributed by atoms with Gasteiger partial charge in [-0.15, -0.1) is 0 Å². The van der Waals surface area contributed by atoms with Gasteiger partial charge in [-0.2, -0.15) is 11.2 Å². The van der Waals surface area contributed by atoms with Crippen molar-refractivity contribution in [1.29, 1.82) is 0 Å². The lowest BCUT2D eigenvalue weighted by atomic mass is 11.8. The molecule has 0 saturated carbocycles. The van der Waals surface area contributed by atoms with Crippen LogP contribution in [0.15, 0.2) is 0 Å². The summed E-state index contributed by atoms with van der Waals surface area (Å²) in [5, 5.41) is 1.51. The Balaban J connectivity index is 2.38. The van der Waals surface area contributed by atoms with Crippen LogP contribution in [-0.4, -0.2) is 12.6 Å². The topological polar surface area (TPSA) is 0 Å². The van der Waals surface area contributed by atoms with E-state index in [1.165, 1.54) is 5.38 Å². The predicted octanol–water partition coefficient (Wildman–Crippen LogP) is 1.48. The minimum atomic E-state index is -0.444. The van der Waals surface area contributed by atoms with Crippen molar-refractivity contribution in [2.45, 2.75) is 13.1 Å². The zero-order valence-electron chi connectivity index (χ0n) is 3.62. The normalized spacial score (nSPS) is 30.0. The molecule has 0 atom stereocenters. The van der Waals surface area contributed by atoms with Crippen LogP contribution in [0.3, 0.4) is 0 Å². The van der Waals surface area contributed by atoms with Crippen LogP contribution in [0, 0.1) is 0 Å². The average Bonchev–Trinajstić information content (AvgIpc) is 1.76. The molecule has 0 N–H and O–H groups in total. The summed E-state index contributed by atoms with van der Waals surface area (Å²) in [6.45, 7) is 4.80. The van der Waals surface area contributed by atoms with Gasteiger partial charge in [-0.05, 0) is 5.38 Å². The molecular formula is C3H8SSi. The Bertz CT molecular complexity index is 44.9. The SMILES string of the molecule is C[Si]1(C)CS1. The summed E-state index contributed by atoms with van der Waals surface area (Å²) in [6.07, 6.45) is 0. The van der Waals surface area contributed by atoms with Gasteiger partial charge in [0.25, 0.3) is 0 Å². The fourth-order valence-electron chi connectivity index (χ4n) is 0.144. The van der Waals surface area contributed by atoms with Crippen LogP contribution in [0.5, 0.6) is 0 Å². The molecule has 0 nitrogen and oxygen atoms in total. The maximum absolute atomic E-state index is 2.40. The summed E-state index contributed by atoms with van der Waals surface area (Å²) in [5.41, 5.74) is 0. The van der Waals surface area contributed by atoms with Crippen LogP contribution < -0.4 is 0 Å². The van der Waals surface area contributed by atoms with Crippen molar-refractivity contribution in [3.63, 3.8) is 0 Å². The zero-order valence-corrected chi connectivity index (χ0v) is 5.43. The third-order valence-electron chi connectivity index (χ3n) is 0.722. The Hall–Kier alpha value is 0.567. The standard InChI is InChI=1S/C3H8SSi/c1-5(2)3-4-5/h3H2,1-2H3. The molecule has 1 aliphatic rings. The van der Waals surface area contributed by atoms with Crippen molar-refractivity contribution in [2.24, 2.45) is 0 Å². The molecule has 0 aromatic heterocycles. The lowest BCUT2D eigenvalue weighted by Gasteiger charge is -1.78. The number of hydrogen-bond donors (Lipinski definition) is 0. The molecule has 1 saturated heterocycles. The molecular weight excluding hydrogens is 96.2 g/mol. The highest BCUT2D eigenvalue weighted by Gasteiger charge is 2.34. The van der Waals surface area contributed by atoms with Gasteiger partial charge < -0.3 is 0 Å². The van der Waals surface area contributed by atoms with Crippen LogP contribution >= 0.6 is 11.2 Å². The maximum atomic E-state index is 2.40. The molecule has 0 unspecified atom stereocenters. The summed E-state index contributed by atoms with van der Waals surface area (Å²) < 4.78 is 0. The molecule has 1 heterocycles. The van der Waals surface area contributed by atoms with E-state index in [1.807, 2.05) is 0 Å². The summed E-state index contributed by atoms with van der Waals surface area (Å²) in [7, 11) is -0.444. The predicted molar refractivity (Wildman–Crippen MR) is 29.9 cm³/mol. The molecule has 1 aliphatic heterocycles. The minimum Gasteiger partial charge on any atom is -0.187 e. The Labute approximate surface area is 37.6 Å². The van der Waals surface area contributed by atoms with Gasteiger partial charge in [-0.3, -0.25) is 0 Å². The van der Waals surface area contributed by atoms with Gasteiger partial charge in [-0.1, -0.05) is 13.1 Å². The Morgan fingerprint density at radius 1 is 1.60 bits per heavy atom. The summed E-state index contributed by atoms with van der Waals surface area (Å²) in [5.74, 6) is 0. The summed E-state index contributed by atoms with van der Waals surface area (Å²) >= 11 is 2.16. The van der Waals surface area contributed by atoms with Crippen molar-refractivity contribution in [3.05, 3.63) is 0 Å². The van der Waals surface area contributed by atoms with E-state index in [2.05, 4.69) is 24.3 Å². The monoisotopic (exact) mass is 104 g/mol. The maximum Gasteiger partial charge on any atom is 0.120 e. The van der Waals surface area contributed by atoms with Gasteiger partial charge in [-0.25, -0.2) is 0 Å². The fourth-order valence-corrected chi connectivity index (χ4v) is 3.90. The third kappa shape index (κ3) is 0.971. The minimum absolute atomic E-state index is 0.444. The van der Waals surface area contributed by atoms with Gasteiger partial charge in [0.15, 0.2) is 0 Å². The van der Waals surface area contributed by atoms with E-state index in [9.17, 15) is 0 Å². The first-order chi connectivity index (χ1) is 2.21. The highest BCUT2D eigenvalue weighted by atomic mass is 32.4. The highest BCUT2D eigenvalue weighted by molar-refractivity contribution is 8.42. The molecule has 0 spiro atoms. The summed E-state index contributed by atoms with van der Waals surface area (Å²) in [6, 6.07) is 0. The van der Waals surface area contributed by atoms with Crippen LogP contribution in [0.4, 0.5) is 0 Å². The van der Waals surface area contributed by atoms with Gasteiger partial charge in [0.2, 0.25) is 0 Å². The van der Waals surface area contributed by atoms with Crippen LogP contribution in [0.2, 0.25) is 13.1 Å². The van der Waals surface area contributed by atoms with Crippen molar-refractivity contribution < 1.29 is 0 Å². The van der Waals surface area contributed by atoms with E-state index in [-0.39, 0.29) is 0 Å². The Kier molecular flexibility index (Phi) is 0.593. The van der Waals surface area contributed by atoms with Gasteiger partial charge in [0.1, 0.15) is 7.22 Å². The van der Waals surface area contributed by atoms with Crippen molar-refractivity contribution in [2.75, 3.05) is 5.38 Å². The average molecular weight is 104 g/mol. The molecule has 30 valence electrons. The molecule has 0 aromatic carbocycles. The second-order valence-corrected chi connectivity index (χ2v) is 11.2. The molecule has 0 amide bonds. The number of rotatable bonds is 0. The van der Waals surface area contributed by atoms with Crippen molar-refractivity contribution >= 4 is 18.4 Å². The van der Waals surface area contributed by atoms with Gasteiger partial charge >= 0.3 is 0 Å². The molecule has 2 heteroatoms. The summed E-state index contributed by atoms with van der Waals surface area (Å²) in [4.78, 5) is 0. The Morgan fingerprint density at radius 3 is 1.80 bits per heavy atom. The molecule has 0 aromatic rings. The van der Waals surface area contributed by atoms with E-state index in [0.29, 0.717) is 0 Å². The quantitative estimate of drug-likeness (QED) is 0.331. The second-order valence-electron chi connectivity index (χ2n) is 2.05. The second kappa shape index (κ2) is 0.792. The lowest BCUT2D eigenvalue weighted by molar-refractivity contribution is 1.93. The largest absolute Gasteiger partial charge is 0.187 e. The van der Waals surface area contributed by atoms with Gasteiger partial charge in [0.05, 0.1) is 0 Å². The van der Waals surface area contributed by atoms with E-state index in [1.54, 1.807) is 0 Å². The lowest BCUT2D eigenvalue weighted by Crippen LogP contribution is -1.96. The molecule has 0 radical (unpaired) electrons. The first kappa shape index (κ1) is 3.75. The first-order valence-electron chi connectivity index (χ1n) is 1.85. The Morgan fingerprint density at radius 2 is 1.80 bits per heavy atom. The van der Waals surface area contributed by atoms with Crippen molar-refractivity contribution in [3.8, 4) is 0 Å². The van der Waals surface area contributed by atoms with E-state index in [0.717, 1.165) is 0 Å². The van der Waals surface area contributed by atoms with Crippen LogP contribution in [0.25, 0.3) is 0 Å². The van der Waals surface area contributed by atoms with E-state index in [4.69, 9.17) is 0 Å². The molecule has 1 fully saturated rings. The van der Waals surface area contributed by atoms with Crippen LogP contribution in [0.1, 0.15) is 0 Å². The van der Waals surface area contributed by atoms with E-state index >= 15 is 0 Å². The molecule has 0 bridgehead atoms. The molecule has 5 heavy (non-hydrogen) atoms. The highest BCUT2D eigenvalue weighted by Crippen LogP contribution is 2.38. The first-order valence-corrected chi connectivity index (χ1v) is 6.76. The number of hydrogen-bond acceptors (Lipinski definition) is 1. The third-order valence-corrected chi connectivity index (χ3v) is 6.50. The fraction of sp³-hybridized carbons (Fsp3) is 1.00. The molecule has 0 aliphatic carbocycles. The molecule has 1 rings (SSSR count). The zero-order chi connectivity index (χ0) is 3.91. The van der Waals surface area contributed by atoms with Gasteiger partial charge in [0, 0.05) is 0 Å². The van der Waals surface area contributed by atoms with E-state index < -0.39 is 7.22 Å². The smallest absolute Gasteiger partial charge is 0.120 e. The van der Waals surface area contributed by atoms with Crippen molar-refractivity contribution in [1.82, 2.24) is 0 Å².